The molecule has 1 aromatic carbocycles. The summed E-state index contributed by atoms with van der Waals surface area (Å²) in [5, 5.41) is 7.36. The minimum atomic E-state index is -0.0225. The fraction of sp³-hybridized carbons (Fsp3) is 0.261. The molecule has 0 saturated heterocycles. The van der Waals surface area contributed by atoms with Gasteiger partial charge in [0.05, 0.1) is 29.4 Å². The van der Waals surface area contributed by atoms with Crippen molar-refractivity contribution in [3.05, 3.63) is 70.0 Å². The predicted molar refractivity (Wildman–Crippen MR) is 118 cm³/mol. The maximum absolute atomic E-state index is 13.4. The fourth-order valence-electron chi connectivity index (χ4n) is 3.39. The van der Waals surface area contributed by atoms with Crippen LogP contribution in [0.4, 0.5) is 0 Å². The van der Waals surface area contributed by atoms with E-state index in [0.29, 0.717) is 12.1 Å². The summed E-state index contributed by atoms with van der Waals surface area (Å²) in [7, 11) is 1.85. The van der Waals surface area contributed by atoms with Crippen molar-refractivity contribution in [1.82, 2.24) is 19.7 Å². The van der Waals surface area contributed by atoms with Crippen molar-refractivity contribution < 1.29 is 4.79 Å². The summed E-state index contributed by atoms with van der Waals surface area (Å²) in [6.45, 7) is 6.80. The molecular weight excluding hydrogens is 380 g/mol. The highest BCUT2D eigenvalue weighted by Crippen LogP contribution is 2.28. The zero-order valence-electron chi connectivity index (χ0n) is 17.1. The molecule has 5 nitrogen and oxygen atoms in total. The second kappa shape index (κ2) is 7.79. The van der Waals surface area contributed by atoms with E-state index in [1.54, 1.807) is 22.4 Å². The number of nitrogens with zero attached hydrogens (tertiary/aromatic N) is 4. The number of thiophene rings is 1. The van der Waals surface area contributed by atoms with Crippen LogP contribution < -0.4 is 0 Å². The number of rotatable bonds is 5. The van der Waals surface area contributed by atoms with Crippen LogP contribution in [0.25, 0.3) is 22.3 Å². The normalized spacial score (nSPS) is 11.3. The van der Waals surface area contributed by atoms with Crippen LogP contribution in [0.5, 0.6) is 0 Å². The Bertz CT molecular complexity index is 1160. The van der Waals surface area contributed by atoms with Crippen LogP contribution in [0.15, 0.2) is 54.0 Å². The largest absolute Gasteiger partial charge is 0.337 e. The van der Waals surface area contributed by atoms with Gasteiger partial charge in [0.25, 0.3) is 5.91 Å². The SMILES string of the molecule is Cc1ccsc1CN(C)C(=O)c1cc(-c2ccccc2)nc2c1cnn2C(C)C. The summed E-state index contributed by atoms with van der Waals surface area (Å²) < 4.78 is 1.88. The minimum absolute atomic E-state index is 0.0225. The second-order valence-electron chi connectivity index (χ2n) is 7.53. The molecule has 29 heavy (non-hydrogen) atoms. The van der Waals surface area contributed by atoms with Crippen molar-refractivity contribution in [2.75, 3.05) is 7.05 Å². The van der Waals surface area contributed by atoms with Crippen molar-refractivity contribution in [2.24, 2.45) is 0 Å². The van der Waals surface area contributed by atoms with Crippen LogP contribution in [0.1, 0.15) is 40.7 Å². The molecule has 0 aliphatic heterocycles. The van der Waals surface area contributed by atoms with Crippen LogP contribution in [-0.2, 0) is 6.54 Å². The van der Waals surface area contributed by atoms with Gasteiger partial charge in [-0.05, 0) is 43.8 Å². The molecule has 3 aromatic heterocycles. The third-order valence-corrected chi connectivity index (χ3v) is 6.06. The van der Waals surface area contributed by atoms with Crippen molar-refractivity contribution in [2.45, 2.75) is 33.4 Å². The first-order valence-electron chi connectivity index (χ1n) is 9.68. The summed E-state index contributed by atoms with van der Waals surface area (Å²) >= 11 is 1.68. The molecule has 0 bridgehead atoms. The maximum Gasteiger partial charge on any atom is 0.254 e. The lowest BCUT2D eigenvalue weighted by Gasteiger charge is -2.18. The Kier molecular flexibility index (Phi) is 5.20. The second-order valence-corrected chi connectivity index (χ2v) is 8.53. The van der Waals surface area contributed by atoms with E-state index in [1.807, 2.05) is 48.1 Å². The van der Waals surface area contributed by atoms with Crippen LogP contribution in [0, 0.1) is 6.92 Å². The Morgan fingerprint density at radius 2 is 1.97 bits per heavy atom. The quantitative estimate of drug-likeness (QED) is 0.452. The molecule has 1 amide bonds. The number of carbonyl (C=O) groups excluding carboxylic acids is 1. The van der Waals surface area contributed by atoms with E-state index in [1.165, 1.54) is 10.4 Å². The molecule has 3 heterocycles. The van der Waals surface area contributed by atoms with Crippen LogP contribution in [0.2, 0.25) is 0 Å². The summed E-state index contributed by atoms with van der Waals surface area (Å²) in [4.78, 5) is 21.2. The molecule has 0 aliphatic rings. The fourth-order valence-corrected chi connectivity index (χ4v) is 4.35. The summed E-state index contributed by atoms with van der Waals surface area (Å²) in [5.74, 6) is -0.0225. The van der Waals surface area contributed by atoms with Gasteiger partial charge in [0.2, 0.25) is 0 Å². The van der Waals surface area contributed by atoms with E-state index < -0.39 is 0 Å². The smallest absolute Gasteiger partial charge is 0.254 e. The number of aryl methyl sites for hydroxylation is 1. The number of amides is 1. The number of pyridine rings is 1. The molecule has 148 valence electrons. The Hall–Kier alpha value is -2.99. The van der Waals surface area contributed by atoms with Gasteiger partial charge in [-0.1, -0.05) is 30.3 Å². The lowest BCUT2D eigenvalue weighted by molar-refractivity contribution is 0.0788. The molecule has 0 N–H and O–H groups in total. The van der Waals surface area contributed by atoms with Gasteiger partial charge < -0.3 is 4.90 Å². The number of aromatic nitrogens is 3. The average molecular weight is 405 g/mol. The topological polar surface area (TPSA) is 51.0 Å². The van der Waals surface area contributed by atoms with Crippen molar-refractivity contribution in [3.63, 3.8) is 0 Å². The van der Waals surface area contributed by atoms with E-state index in [-0.39, 0.29) is 11.9 Å². The third kappa shape index (κ3) is 3.68. The average Bonchev–Trinajstić information content (AvgIpc) is 3.33. The predicted octanol–water partition coefficient (Wildman–Crippen LogP) is 5.32. The molecule has 0 aliphatic carbocycles. The summed E-state index contributed by atoms with van der Waals surface area (Å²) in [5.41, 5.74) is 4.36. The zero-order chi connectivity index (χ0) is 20.5. The number of benzene rings is 1. The molecule has 4 aromatic rings. The first kappa shape index (κ1) is 19.3. The third-order valence-electron chi connectivity index (χ3n) is 5.05. The number of hydrogen-bond acceptors (Lipinski definition) is 4. The van der Waals surface area contributed by atoms with E-state index >= 15 is 0 Å². The first-order chi connectivity index (χ1) is 14.0. The molecule has 6 heteroatoms. The van der Waals surface area contributed by atoms with Crippen LogP contribution in [-0.4, -0.2) is 32.6 Å². The lowest BCUT2D eigenvalue weighted by atomic mass is 10.1. The van der Waals surface area contributed by atoms with Gasteiger partial charge in [0, 0.05) is 23.5 Å². The highest BCUT2D eigenvalue weighted by Gasteiger charge is 2.21. The number of carbonyl (C=O) groups is 1. The molecule has 0 atom stereocenters. The number of hydrogen-bond donors (Lipinski definition) is 0. The first-order valence-corrected chi connectivity index (χ1v) is 10.6. The van der Waals surface area contributed by atoms with Gasteiger partial charge >= 0.3 is 0 Å². The summed E-state index contributed by atoms with van der Waals surface area (Å²) in [6.07, 6.45) is 1.76. The van der Waals surface area contributed by atoms with Gasteiger partial charge in [0.15, 0.2) is 5.65 Å². The molecule has 0 radical (unpaired) electrons. The van der Waals surface area contributed by atoms with Crippen LogP contribution >= 0.6 is 11.3 Å². The van der Waals surface area contributed by atoms with Crippen molar-refractivity contribution >= 4 is 28.3 Å². The van der Waals surface area contributed by atoms with Gasteiger partial charge in [0.1, 0.15) is 0 Å². The van der Waals surface area contributed by atoms with Crippen molar-refractivity contribution in [1.29, 1.82) is 0 Å². The minimum Gasteiger partial charge on any atom is -0.337 e. The van der Waals surface area contributed by atoms with Gasteiger partial charge in [-0.3, -0.25) is 4.79 Å². The molecule has 0 saturated carbocycles. The van der Waals surface area contributed by atoms with E-state index in [4.69, 9.17) is 4.98 Å². The molecule has 0 fully saturated rings. The van der Waals surface area contributed by atoms with Gasteiger partial charge in [-0.15, -0.1) is 11.3 Å². The Morgan fingerprint density at radius 1 is 1.21 bits per heavy atom. The van der Waals surface area contributed by atoms with Crippen LogP contribution in [0.3, 0.4) is 0 Å². The Balaban J connectivity index is 1.81. The van der Waals surface area contributed by atoms with E-state index in [9.17, 15) is 4.79 Å². The Labute approximate surface area is 174 Å². The highest BCUT2D eigenvalue weighted by molar-refractivity contribution is 7.10. The zero-order valence-corrected chi connectivity index (χ0v) is 17.9. The standard InChI is InChI=1S/C23H24N4OS/c1-15(2)27-22-19(13-24-27)18(12-20(25-22)17-8-6-5-7-9-17)23(28)26(4)14-21-16(3)10-11-29-21/h5-13,15H,14H2,1-4H3. The number of fused-ring (bicyclic) bond motifs is 1. The van der Waals surface area contributed by atoms with E-state index in [2.05, 4.69) is 37.3 Å². The Morgan fingerprint density at radius 3 is 2.62 bits per heavy atom. The van der Waals surface area contributed by atoms with E-state index in [0.717, 1.165) is 22.3 Å². The molecule has 0 spiro atoms. The van der Waals surface area contributed by atoms with Gasteiger partial charge in [-0.2, -0.15) is 5.10 Å². The molecular formula is C23H24N4OS. The summed E-state index contributed by atoms with van der Waals surface area (Å²) in [6, 6.07) is 14.1. The van der Waals surface area contributed by atoms with Gasteiger partial charge in [-0.25, -0.2) is 9.67 Å². The molecule has 0 unspecified atom stereocenters. The monoisotopic (exact) mass is 404 g/mol. The maximum atomic E-state index is 13.4. The lowest BCUT2D eigenvalue weighted by Crippen LogP contribution is -2.26. The molecule has 4 rings (SSSR count). The van der Waals surface area contributed by atoms with Crippen molar-refractivity contribution in [3.8, 4) is 11.3 Å². The highest BCUT2D eigenvalue weighted by atomic mass is 32.1.